The van der Waals surface area contributed by atoms with E-state index in [1.807, 2.05) is 62.7 Å². The largest absolute Gasteiger partial charge is 0.357 e. The summed E-state index contributed by atoms with van der Waals surface area (Å²) in [4.78, 5) is 20.8. The average molecular weight is 457 g/mol. The third kappa shape index (κ3) is 6.18. The summed E-state index contributed by atoms with van der Waals surface area (Å²) in [6.45, 7) is 7.48. The molecule has 3 aromatic rings. The minimum atomic E-state index is -4.34. The molecule has 0 aliphatic carbocycles. The first-order chi connectivity index (χ1) is 14.9. The van der Waals surface area contributed by atoms with Crippen LogP contribution >= 0.6 is 0 Å². The first-order valence-corrected chi connectivity index (χ1v) is 11.6. The van der Waals surface area contributed by atoms with E-state index in [-0.39, 0.29) is 11.6 Å². The number of nitrogens with zero attached hydrogens (tertiary/aromatic N) is 1. The van der Waals surface area contributed by atoms with Crippen LogP contribution in [0.5, 0.6) is 0 Å². The van der Waals surface area contributed by atoms with Crippen molar-refractivity contribution in [2.45, 2.75) is 40.2 Å². The highest BCUT2D eigenvalue weighted by atomic mass is 32.2. The lowest BCUT2D eigenvalue weighted by atomic mass is 9.94. The van der Waals surface area contributed by atoms with Crippen molar-refractivity contribution in [3.8, 4) is 11.3 Å². The van der Waals surface area contributed by atoms with Crippen LogP contribution in [0.2, 0.25) is 0 Å². The number of rotatable bonds is 7. The van der Waals surface area contributed by atoms with Crippen molar-refractivity contribution in [2.24, 2.45) is 5.41 Å². The van der Waals surface area contributed by atoms with Gasteiger partial charge in [0.05, 0.1) is 17.4 Å². The van der Waals surface area contributed by atoms with Gasteiger partial charge in [0.1, 0.15) is 5.82 Å². The Labute approximate surface area is 188 Å². The van der Waals surface area contributed by atoms with Crippen LogP contribution in [0.3, 0.4) is 0 Å². The lowest BCUT2D eigenvalue weighted by molar-refractivity contribution is -0.129. The van der Waals surface area contributed by atoms with Crippen LogP contribution in [-0.2, 0) is 21.5 Å². The summed E-state index contributed by atoms with van der Waals surface area (Å²) in [6, 6.07) is 16.0. The summed E-state index contributed by atoms with van der Waals surface area (Å²) in [5, 5.41) is 3.08. The summed E-state index contributed by atoms with van der Waals surface area (Å²) >= 11 is 0. The molecule has 1 heterocycles. The van der Waals surface area contributed by atoms with E-state index in [1.54, 1.807) is 24.3 Å². The number of H-pyrrole nitrogens is 1. The van der Waals surface area contributed by atoms with E-state index in [0.717, 1.165) is 22.5 Å². The predicted octanol–water partition coefficient (Wildman–Crippen LogP) is 4.05. The van der Waals surface area contributed by atoms with Crippen LogP contribution < -0.4 is 10.0 Å². The standard InChI is InChI=1S/C23H28N4O4S/c1-15-20(17-8-6-5-7-9-17)26-21(24-15)19(25-22(28)23(2,3)4)14-16-10-12-18(13-11-16)27-32(29,30)31/h5-13,19,27H,14H2,1-4H3,(H,24,26)(H,25,28)(H,29,30,31)/t19-/m0/s1. The number of aromatic nitrogens is 2. The van der Waals surface area contributed by atoms with Crippen molar-refractivity contribution in [1.82, 2.24) is 15.3 Å². The summed E-state index contributed by atoms with van der Waals surface area (Å²) in [5.41, 5.74) is 3.23. The van der Waals surface area contributed by atoms with Gasteiger partial charge in [-0.3, -0.25) is 14.1 Å². The number of aromatic amines is 1. The Bertz CT molecular complexity index is 1180. The van der Waals surface area contributed by atoms with Gasteiger partial charge >= 0.3 is 10.3 Å². The van der Waals surface area contributed by atoms with Crippen LogP contribution in [0.25, 0.3) is 11.3 Å². The van der Waals surface area contributed by atoms with Gasteiger partial charge in [-0.05, 0) is 31.0 Å². The van der Waals surface area contributed by atoms with Gasteiger partial charge in [-0.1, -0.05) is 63.2 Å². The fourth-order valence-corrected chi connectivity index (χ4v) is 3.64. The van der Waals surface area contributed by atoms with E-state index in [9.17, 15) is 13.2 Å². The van der Waals surface area contributed by atoms with Gasteiger partial charge in [-0.2, -0.15) is 8.42 Å². The van der Waals surface area contributed by atoms with Gasteiger partial charge in [-0.15, -0.1) is 0 Å². The molecule has 1 atom stereocenters. The second-order valence-corrected chi connectivity index (χ2v) is 9.87. The highest BCUT2D eigenvalue weighted by molar-refractivity contribution is 7.87. The van der Waals surface area contributed by atoms with Gasteiger partial charge in [0.2, 0.25) is 5.91 Å². The zero-order valence-corrected chi connectivity index (χ0v) is 19.3. The molecule has 0 fully saturated rings. The maximum atomic E-state index is 12.8. The number of amides is 1. The molecule has 0 bridgehead atoms. The molecular weight excluding hydrogens is 428 g/mol. The lowest BCUT2D eigenvalue weighted by Gasteiger charge is -2.23. The smallest absolute Gasteiger partial charge is 0.345 e. The van der Waals surface area contributed by atoms with Crippen molar-refractivity contribution in [3.05, 3.63) is 71.7 Å². The van der Waals surface area contributed by atoms with Crippen LogP contribution in [0.4, 0.5) is 5.69 Å². The van der Waals surface area contributed by atoms with Crippen molar-refractivity contribution in [1.29, 1.82) is 0 Å². The van der Waals surface area contributed by atoms with E-state index in [4.69, 9.17) is 9.54 Å². The Morgan fingerprint density at radius 1 is 1.09 bits per heavy atom. The van der Waals surface area contributed by atoms with Gasteiger partial charge < -0.3 is 10.3 Å². The molecule has 32 heavy (non-hydrogen) atoms. The summed E-state index contributed by atoms with van der Waals surface area (Å²) < 4.78 is 32.9. The quantitative estimate of drug-likeness (QED) is 0.399. The zero-order chi connectivity index (χ0) is 23.5. The number of nitrogens with one attached hydrogen (secondary N) is 3. The average Bonchev–Trinajstić information content (AvgIpc) is 3.09. The molecule has 0 saturated carbocycles. The molecule has 8 nitrogen and oxygen atoms in total. The van der Waals surface area contributed by atoms with E-state index < -0.39 is 21.8 Å². The van der Waals surface area contributed by atoms with Gasteiger partial charge in [0.15, 0.2) is 0 Å². The lowest BCUT2D eigenvalue weighted by Crippen LogP contribution is -2.38. The third-order valence-electron chi connectivity index (χ3n) is 4.91. The van der Waals surface area contributed by atoms with E-state index in [1.165, 1.54) is 0 Å². The fraction of sp³-hybridized carbons (Fsp3) is 0.304. The number of aryl methyl sites for hydroxylation is 1. The SMILES string of the molecule is Cc1[nH]c([C@H](Cc2ccc(NS(=O)(=O)O)cc2)NC(=O)C(C)(C)C)nc1-c1ccccc1. The Kier molecular flexibility index (Phi) is 6.71. The van der Waals surface area contributed by atoms with E-state index in [2.05, 4.69) is 10.3 Å². The maximum Gasteiger partial charge on any atom is 0.357 e. The number of carbonyl (C=O) groups is 1. The number of hydrogen-bond donors (Lipinski definition) is 4. The first kappa shape index (κ1) is 23.5. The normalized spacial score (nSPS) is 12.9. The van der Waals surface area contributed by atoms with E-state index in [0.29, 0.717) is 12.2 Å². The van der Waals surface area contributed by atoms with Crippen LogP contribution in [0, 0.1) is 12.3 Å². The second kappa shape index (κ2) is 9.13. The molecule has 9 heteroatoms. The van der Waals surface area contributed by atoms with Crippen molar-refractivity contribution >= 4 is 21.9 Å². The molecule has 0 aliphatic heterocycles. The molecule has 1 amide bonds. The summed E-state index contributed by atoms with van der Waals surface area (Å²) in [6.07, 6.45) is 0.440. The number of anilines is 1. The number of benzene rings is 2. The molecule has 4 N–H and O–H groups in total. The van der Waals surface area contributed by atoms with Crippen molar-refractivity contribution in [3.63, 3.8) is 0 Å². The summed E-state index contributed by atoms with van der Waals surface area (Å²) in [7, 11) is -4.34. The highest BCUT2D eigenvalue weighted by Crippen LogP contribution is 2.26. The monoisotopic (exact) mass is 456 g/mol. The Hall–Kier alpha value is -3.17. The fourth-order valence-electron chi connectivity index (χ4n) is 3.21. The van der Waals surface area contributed by atoms with E-state index >= 15 is 0 Å². The minimum absolute atomic E-state index is 0.109. The van der Waals surface area contributed by atoms with Gasteiger partial charge in [0, 0.05) is 16.7 Å². The van der Waals surface area contributed by atoms with Crippen molar-refractivity contribution in [2.75, 3.05) is 4.72 Å². The molecule has 1 aromatic heterocycles. The van der Waals surface area contributed by atoms with Gasteiger partial charge in [0.25, 0.3) is 0 Å². The third-order valence-corrected chi connectivity index (χ3v) is 5.40. The molecule has 2 aromatic carbocycles. The molecule has 0 saturated heterocycles. The predicted molar refractivity (Wildman–Crippen MR) is 124 cm³/mol. The molecule has 170 valence electrons. The highest BCUT2D eigenvalue weighted by Gasteiger charge is 2.27. The molecule has 3 rings (SSSR count). The summed E-state index contributed by atoms with van der Waals surface area (Å²) in [5.74, 6) is 0.529. The number of hydrogen-bond acceptors (Lipinski definition) is 4. The minimum Gasteiger partial charge on any atom is -0.345 e. The Morgan fingerprint density at radius 3 is 2.28 bits per heavy atom. The second-order valence-electron chi connectivity index (χ2n) is 8.72. The maximum absolute atomic E-state index is 12.8. The Morgan fingerprint density at radius 2 is 1.72 bits per heavy atom. The number of imidazole rings is 1. The molecule has 0 aliphatic rings. The van der Waals surface area contributed by atoms with Crippen molar-refractivity contribution < 1.29 is 17.8 Å². The molecule has 0 radical (unpaired) electrons. The molecule has 0 spiro atoms. The zero-order valence-electron chi connectivity index (χ0n) is 18.5. The first-order valence-electron chi connectivity index (χ1n) is 10.2. The van der Waals surface area contributed by atoms with Crippen LogP contribution in [0.1, 0.15) is 43.9 Å². The van der Waals surface area contributed by atoms with Gasteiger partial charge in [-0.25, -0.2) is 4.98 Å². The molecule has 0 unspecified atom stereocenters. The van der Waals surface area contributed by atoms with Crippen LogP contribution in [0.15, 0.2) is 54.6 Å². The topological polar surface area (TPSA) is 124 Å². The Balaban J connectivity index is 1.90. The van der Waals surface area contributed by atoms with Crippen LogP contribution in [-0.4, -0.2) is 28.8 Å². The number of carbonyl (C=O) groups excluding carboxylic acids is 1. The molecular formula is C23H28N4O4S.